The van der Waals surface area contributed by atoms with Crippen LogP contribution in [0.1, 0.15) is 76.1 Å². The van der Waals surface area contributed by atoms with E-state index in [-0.39, 0.29) is 18.4 Å². The van der Waals surface area contributed by atoms with Crippen molar-refractivity contribution in [2.75, 3.05) is 52.5 Å². The van der Waals surface area contributed by atoms with Crippen molar-refractivity contribution in [3.8, 4) is 0 Å². The number of nitrogens with zero attached hydrogens (tertiary/aromatic N) is 3. The standard InChI is InChI=1S/C29H41N5O5/c1-4-23-25-24(10-6-16-38-17-7-11-31-26(25)35)34(32-23)19-29(2,3)20-39-28(37)22-9-5-8-21(18-22)27(36)33-14-12-30-13-15-33/h5,8-9,18,30H,4,6-7,10-17,19-20H2,1-3H3,(H,31,35). The van der Waals surface area contributed by atoms with Crippen molar-refractivity contribution in [3.05, 3.63) is 52.3 Å². The fraction of sp³-hybridized carbons (Fsp3) is 0.586. The fourth-order valence-electron chi connectivity index (χ4n) is 4.98. The number of benzene rings is 1. The number of ether oxygens (including phenoxy) is 2. The molecule has 212 valence electrons. The number of fused-ring (bicyclic) bond motifs is 1. The van der Waals surface area contributed by atoms with Crippen LogP contribution in [-0.2, 0) is 28.9 Å². The van der Waals surface area contributed by atoms with Crippen molar-refractivity contribution < 1.29 is 23.9 Å². The third kappa shape index (κ3) is 7.45. The minimum Gasteiger partial charge on any atom is -0.461 e. The van der Waals surface area contributed by atoms with Gasteiger partial charge in [-0.1, -0.05) is 26.8 Å². The van der Waals surface area contributed by atoms with Gasteiger partial charge in [0.2, 0.25) is 0 Å². The molecule has 1 fully saturated rings. The van der Waals surface area contributed by atoms with Gasteiger partial charge in [0.25, 0.3) is 11.8 Å². The van der Waals surface area contributed by atoms with Crippen LogP contribution in [-0.4, -0.2) is 85.0 Å². The van der Waals surface area contributed by atoms with Crippen LogP contribution in [0, 0.1) is 5.41 Å². The number of piperazine rings is 1. The second kappa shape index (κ2) is 13.2. The van der Waals surface area contributed by atoms with Crippen molar-refractivity contribution in [2.45, 2.75) is 53.0 Å². The Morgan fingerprint density at radius 1 is 1.10 bits per heavy atom. The molecule has 2 aliphatic heterocycles. The van der Waals surface area contributed by atoms with Crippen molar-refractivity contribution >= 4 is 17.8 Å². The number of nitrogens with one attached hydrogen (secondary N) is 2. The topological polar surface area (TPSA) is 115 Å². The summed E-state index contributed by atoms with van der Waals surface area (Å²) in [5, 5.41) is 11.0. The first-order chi connectivity index (χ1) is 18.8. The molecule has 0 saturated carbocycles. The monoisotopic (exact) mass is 539 g/mol. The molecule has 0 bridgehead atoms. The molecule has 0 radical (unpaired) electrons. The van der Waals surface area contributed by atoms with Gasteiger partial charge in [0.05, 0.1) is 29.1 Å². The van der Waals surface area contributed by atoms with E-state index in [1.54, 1.807) is 29.2 Å². The van der Waals surface area contributed by atoms with E-state index in [1.165, 1.54) is 0 Å². The summed E-state index contributed by atoms with van der Waals surface area (Å²) in [6.07, 6.45) is 2.91. The predicted molar refractivity (Wildman–Crippen MR) is 147 cm³/mol. The van der Waals surface area contributed by atoms with Gasteiger partial charge in [0, 0.05) is 63.5 Å². The molecular weight excluding hydrogens is 498 g/mol. The molecule has 4 rings (SSSR count). The van der Waals surface area contributed by atoms with E-state index in [4.69, 9.17) is 14.6 Å². The zero-order valence-corrected chi connectivity index (χ0v) is 23.4. The Bertz CT molecular complexity index is 1170. The summed E-state index contributed by atoms with van der Waals surface area (Å²) in [5.74, 6) is -0.636. The second-order valence-electron chi connectivity index (χ2n) is 11.0. The number of carbonyl (C=O) groups is 3. The largest absolute Gasteiger partial charge is 0.461 e. The van der Waals surface area contributed by atoms with E-state index < -0.39 is 11.4 Å². The highest BCUT2D eigenvalue weighted by Crippen LogP contribution is 2.25. The zero-order valence-electron chi connectivity index (χ0n) is 23.4. The highest BCUT2D eigenvalue weighted by Gasteiger charge is 2.28. The third-order valence-electron chi connectivity index (χ3n) is 7.07. The first-order valence-electron chi connectivity index (χ1n) is 14.0. The molecule has 39 heavy (non-hydrogen) atoms. The average Bonchev–Trinajstić information content (AvgIpc) is 3.27. The molecule has 10 heteroatoms. The maximum absolute atomic E-state index is 13.0. The van der Waals surface area contributed by atoms with Crippen LogP contribution in [0.25, 0.3) is 0 Å². The van der Waals surface area contributed by atoms with Gasteiger partial charge in [0.1, 0.15) is 0 Å². The number of rotatable bonds is 7. The molecule has 2 aliphatic rings. The van der Waals surface area contributed by atoms with Crippen LogP contribution in [0.3, 0.4) is 0 Å². The molecule has 2 N–H and O–H groups in total. The van der Waals surface area contributed by atoms with Crippen LogP contribution in [0.4, 0.5) is 0 Å². The van der Waals surface area contributed by atoms with Crippen molar-refractivity contribution in [3.63, 3.8) is 0 Å². The van der Waals surface area contributed by atoms with Crippen LogP contribution >= 0.6 is 0 Å². The van der Waals surface area contributed by atoms with Gasteiger partial charge in [0.15, 0.2) is 0 Å². The lowest BCUT2D eigenvalue weighted by molar-refractivity contribution is 0.0304. The molecule has 2 amide bonds. The SMILES string of the molecule is CCc1nn(CC(C)(C)COC(=O)c2cccc(C(=O)N3CCNCC3)c2)c2c1C(=O)NCCCOCCC2. The van der Waals surface area contributed by atoms with E-state index in [9.17, 15) is 14.4 Å². The third-order valence-corrected chi connectivity index (χ3v) is 7.07. The number of aromatic nitrogens is 2. The minimum absolute atomic E-state index is 0.0787. The molecule has 1 saturated heterocycles. The quantitative estimate of drug-likeness (QED) is 0.520. The van der Waals surface area contributed by atoms with E-state index in [1.807, 2.05) is 25.5 Å². The van der Waals surface area contributed by atoms with Gasteiger partial charge in [-0.25, -0.2) is 4.79 Å². The normalized spacial score (nSPS) is 17.1. The fourth-order valence-corrected chi connectivity index (χ4v) is 4.98. The Labute approximate surface area is 230 Å². The molecule has 1 aromatic heterocycles. The molecule has 2 aromatic rings. The Balaban J connectivity index is 1.44. The summed E-state index contributed by atoms with van der Waals surface area (Å²) in [6.45, 7) is 11.3. The number of hydrogen-bond acceptors (Lipinski definition) is 7. The van der Waals surface area contributed by atoms with Crippen LogP contribution in [0.2, 0.25) is 0 Å². The highest BCUT2D eigenvalue weighted by molar-refractivity contribution is 5.98. The summed E-state index contributed by atoms with van der Waals surface area (Å²) < 4.78 is 13.3. The molecular formula is C29H41N5O5. The van der Waals surface area contributed by atoms with Crippen molar-refractivity contribution in [1.82, 2.24) is 25.3 Å². The Kier molecular flexibility index (Phi) is 9.74. The van der Waals surface area contributed by atoms with Gasteiger partial charge in [-0.2, -0.15) is 5.10 Å². The van der Waals surface area contributed by atoms with Gasteiger partial charge in [-0.05, 0) is 43.9 Å². The molecule has 10 nitrogen and oxygen atoms in total. The smallest absolute Gasteiger partial charge is 0.338 e. The van der Waals surface area contributed by atoms with Gasteiger partial charge < -0.3 is 25.0 Å². The Hall–Kier alpha value is -3.24. The van der Waals surface area contributed by atoms with Crippen molar-refractivity contribution in [1.29, 1.82) is 0 Å². The van der Waals surface area contributed by atoms with E-state index >= 15 is 0 Å². The van der Waals surface area contributed by atoms with Crippen molar-refractivity contribution in [2.24, 2.45) is 5.41 Å². The maximum atomic E-state index is 13.0. The predicted octanol–water partition coefficient (Wildman–Crippen LogP) is 2.46. The summed E-state index contributed by atoms with van der Waals surface area (Å²) in [4.78, 5) is 40.7. The molecule has 3 heterocycles. The lowest BCUT2D eigenvalue weighted by Gasteiger charge is -2.27. The molecule has 0 unspecified atom stereocenters. The van der Waals surface area contributed by atoms with Crippen LogP contribution in [0.5, 0.6) is 0 Å². The molecule has 0 aliphatic carbocycles. The number of carbonyl (C=O) groups excluding carboxylic acids is 3. The minimum atomic E-state index is -0.469. The average molecular weight is 540 g/mol. The molecule has 1 aromatic carbocycles. The number of aryl methyl sites for hydroxylation is 1. The first-order valence-corrected chi connectivity index (χ1v) is 14.0. The maximum Gasteiger partial charge on any atom is 0.338 e. The van der Waals surface area contributed by atoms with E-state index in [0.717, 1.165) is 37.3 Å². The van der Waals surface area contributed by atoms with E-state index in [2.05, 4.69) is 10.6 Å². The lowest BCUT2D eigenvalue weighted by atomic mass is 9.94. The zero-order chi connectivity index (χ0) is 27.8. The highest BCUT2D eigenvalue weighted by atomic mass is 16.5. The van der Waals surface area contributed by atoms with Gasteiger partial charge in [-0.3, -0.25) is 14.3 Å². The summed E-state index contributed by atoms with van der Waals surface area (Å²) in [5.41, 5.74) is 2.73. The summed E-state index contributed by atoms with van der Waals surface area (Å²) in [7, 11) is 0. The first kappa shape index (κ1) is 28.8. The number of hydrogen-bond donors (Lipinski definition) is 2. The molecule has 0 spiro atoms. The summed E-state index contributed by atoms with van der Waals surface area (Å²) in [6, 6.07) is 6.73. The van der Waals surface area contributed by atoms with E-state index in [0.29, 0.717) is 68.9 Å². The number of esters is 1. The van der Waals surface area contributed by atoms with Crippen LogP contribution < -0.4 is 10.6 Å². The van der Waals surface area contributed by atoms with Gasteiger partial charge >= 0.3 is 5.97 Å². The number of amides is 2. The second-order valence-corrected chi connectivity index (χ2v) is 11.0. The van der Waals surface area contributed by atoms with Crippen LogP contribution in [0.15, 0.2) is 24.3 Å². The van der Waals surface area contributed by atoms with Gasteiger partial charge in [-0.15, -0.1) is 0 Å². The Morgan fingerprint density at radius 3 is 2.62 bits per heavy atom. The molecule has 0 atom stereocenters. The lowest BCUT2D eigenvalue weighted by Crippen LogP contribution is -2.46. The summed E-state index contributed by atoms with van der Waals surface area (Å²) >= 11 is 0. The Morgan fingerprint density at radius 2 is 1.85 bits per heavy atom.